The van der Waals surface area contributed by atoms with Gasteiger partial charge in [0, 0.05) is 12.5 Å². The Morgan fingerprint density at radius 2 is 2.00 bits per heavy atom. The molecule has 10 nitrogen and oxygen atoms in total. The molecule has 1 saturated heterocycles. The van der Waals surface area contributed by atoms with Gasteiger partial charge in [0.1, 0.15) is 11.7 Å². The number of nitro groups is 2. The van der Waals surface area contributed by atoms with Crippen LogP contribution in [-0.4, -0.2) is 27.7 Å². The van der Waals surface area contributed by atoms with Crippen molar-refractivity contribution in [2.24, 2.45) is 0 Å². The molecule has 0 aromatic heterocycles. The Balaban J connectivity index is 2.23. The van der Waals surface area contributed by atoms with E-state index in [9.17, 15) is 29.8 Å². The molecule has 1 aromatic rings. The Morgan fingerprint density at radius 3 is 2.52 bits per heavy atom. The number of rotatable bonds is 4. The molecule has 1 aromatic carbocycles. The van der Waals surface area contributed by atoms with E-state index in [2.05, 4.69) is 10.6 Å². The van der Waals surface area contributed by atoms with Gasteiger partial charge in [-0.2, -0.15) is 0 Å². The van der Waals surface area contributed by atoms with Crippen LogP contribution >= 0.6 is 0 Å². The van der Waals surface area contributed by atoms with Gasteiger partial charge in [-0.15, -0.1) is 0 Å². The molecule has 2 N–H and O–H groups in total. The Morgan fingerprint density at radius 1 is 1.29 bits per heavy atom. The van der Waals surface area contributed by atoms with E-state index in [1.165, 1.54) is 0 Å². The number of benzene rings is 1. The molecule has 21 heavy (non-hydrogen) atoms. The smallest absolute Gasteiger partial charge is 0.299 e. The molecule has 0 aliphatic carbocycles. The summed E-state index contributed by atoms with van der Waals surface area (Å²) in [6.07, 6.45) is 0.506. The number of hydrogen-bond acceptors (Lipinski definition) is 6. The normalized spacial score (nSPS) is 17.1. The monoisotopic (exact) mass is 294 g/mol. The first-order valence-electron chi connectivity index (χ1n) is 5.91. The molecule has 1 aliphatic rings. The summed E-state index contributed by atoms with van der Waals surface area (Å²) in [5.74, 6) is -0.869. The lowest BCUT2D eigenvalue weighted by molar-refractivity contribution is -0.393. The first-order chi connectivity index (χ1) is 9.88. The highest BCUT2D eigenvalue weighted by Gasteiger charge is 2.29. The molecule has 0 saturated carbocycles. The van der Waals surface area contributed by atoms with E-state index in [0.29, 0.717) is 6.42 Å². The maximum absolute atomic E-state index is 11.9. The van der Waals surface area contributed by atoms with Crippen LogP contribution in [0.4, 0.5) is 17.1 Å². The molecule has 0 radical (unpaired) electrons. The predicted octanol–water partition coefficient (Wildman–Crippen LogP) is 0.720. The van der Waals surface area contributed by atoms with Gasteiger partial charge >= 0.3 is 0 Å². The van der Waals surface area contributed by atoms with Gasteiger partial charge in [0.2, 0.25) is 11.8 Å². The molecule has 2 amide bonds. The molecule has 10 heteroatoms. The standard InChI is InChI=1S/C11H10N4O6/c16-10-4-3-8(12-10)11(17)13-7-2-1-6(14(18)19)5-9(7)15(20)21/h1-2,5,8H,3-4H2,(H,12,16)(H,13,17)/t8-/m1/s1. The van der Waals surface area contributed by atoms with Crippen LogP contribution in [0.5, 0.6) is 0 Å². The number of nitro benzene ring substituents is 2. The first kappa shape index (κ1) is 14.4. The van der Waals surface area contributed by atoms with E-state index in [1.807, 2.05) is 0 Å². The second-order valence-corrected chi connectivity index (χ2v) is 4.36. The third-order valence-corrected chi connectivity index (χ3v) is 2.96. The number of carbonyl (C=O) groups is 2. The lowest BCUT2D eigenvalue weighted by Crippen LogP contribution is -2.37. The molecule has 110 valence electrons. The molecule has 2 rings (SSSR count). The summed E-state index contributed by atoms with van der Waals surface area (Å²) in [5.41, 5.74) is -1.19. The summed E-state index contributed by atoms with van der Waals surface area (Å²) in [4.78, 5) is 42.8. The van der Waals surface area contributed by atoms with Crippen molar-refractivity contribution in [1.29, 1.82) is 0 Å². The fraction of sp³-hybridized carbons (Fsp3) is 0.273. The van der Waals surface area contributed by atoms with Gasteiger partial charge in [0.15, 0.2) is 0 Å². The lowest BCUT2D eigenvalue weighted by Gasteiger charge is -2.10. The average molecular weight is 294 g/mol. The topological polar surface area (TPSA) is 144 Å². The van der Waals surface area contributed by atoms with Gasteiger partial charge in [-0.3, -0.25) is 29.8 Å². The third-order valence-electron chi connectivity index (χ3n) is 2.96. The minimum Gasteiger partial charge on any atom is -0.344 e. The van der Waals surface area contributed by atoms with Crippen LogP contribution in [0.25, 0.3) is 0 Å². The Labute approximate surface area is 117 Å². The highest BCUT2D eigenvalue weighted by molar-refractivity contribution is 6.00. The number of nitrogens with zero attached hydrogens (tertiary/aromatic N) is 2. The second kappa shape index (κ2) is 5.53. The fourth-order valence-electron chi connectivity index (χ4n) is 1.92. The molecule has 0 bridgehead atoms. The van der Waals surface area contributed by atoms with Crippen LogP contribution in [0, 0.1) is 20.2 Å². The predicted molar refractivity (Wildman–Crippen MR) is 69.5 cm³/mol. The summed E-state index contributed by atoms with van der Waals surface area (Å²) >= 11 is 0. The molecule has 0 unspecified atom stereocenters. The van der Waals surface area contributed by atoms with E-state index in [1.54, 1.807) is 0 Å². The largest absolute Gasteiger partial charge is 0.344 e. The van der Waals surface area contributed by atoms with Crippen LogP contribution in [-0.2, 0) is 9.59 Å². The number of amides is 2. The van der Waals surface area contributed by atoms with Gasteiger partial charge in [-0.1, -0.05) is 0 Å². The van der Waals surface area contributed by atoms with Crippen molar-refractivity contribution < 1.29 is 19.4 Å². The van der Waals surface area contributed by atoms with E-state index in [0.717, 1.165) is 18.2 Å². The van der Waals surface area contributed by atoms with Gasteiger partial charge < -0.3 is 10.6 Å². The average Bonchev–Trinajstić information content (AvgIpc) is 2.85. The van der Waals surface area contributed by atoms with Gasteiger partial charge in [0.25, 0.3) is 11.4 Å². The third kappa shape index (κ3) is 3.11. The van der Waals surface area contributed by atoms with Crippen molar-refractivity contribution in [2.45, 2.75) is 18.9 Å². The molecular weight excluding hydrogens is 284 g/mol. The molecule has 0 spiro atoms. The number of anilines is 1. The number of hydrogen-bond donors (Lipinski definition) is 2. The summed E-state index contributed by atoms with van der Waals surface area (Å²) in [7, 11) is 0. The zero-order valence-electron chi connectivity index (χ0n) is 10.6. The molecule has 1 aliphatic heterocycles. The van der Waals surface area contributed by atoms with E-state index in [-0.39, 0.29) is 18.0 Å². The number of nitrogens with one attached hydrogen (secondary N) is 2. The maximum atomic E-state index is 11.9. The molecule has 1 fully saturated rings. The zero-order chi connectivity index (χ0) is 15.6. The van der Waals surface area contributed by atoms with Crippen molar-refractivity contribution in [3.63, 3.8) is 0 Å². The van der Waals surface area contributed by atoms with Gasteiger partial charge in [-0.25, -0.2) is 0 Å². The van der Waals surface area contributed by atoms with Crippen LogP contribution < -0.4 is 10.6 Å². The summed E-state index contributed by atoms with van der Waals surface area (Å²) in [6.45, 7) is 0. The summed E-state index contributed by atoms with van der Waals surface area (Å²) < 4.78 is 0. The lowest BCUT2D eigenvalue weighted by atomic mass is 10.2. The minimum absolute atomic E-state index is 0.156. The van der Waals surface area contributed by atoms with Crippen LogP contribution in [0.1, 0.15) is 12.8 Å². The Bertz CT molecular complexity index is 644. The summed E-state index contributed by atoms with van der Waals surface area (Å²) in [5, 5.41) is 26.2. The van der Waals surface area contributed by atoms with Crippen LogP contribution in [0.2, 0.25) is 0 Å². The van der Waals surface area contributed by atoms with Crippen LogP contribution in [0.15, 0.2) is 18.2 Å². The number of non-ortho nitro benzene ring substituents is 1. The van der Waals surface area contributed by atoms with Gasteiger partial charge in [-0.05, 0) is 12.5 Å². The number of carbonyl (C=O) groups excluding carboxylic acids is 2. The SMILES string of the molecule is O=C1CC[C@H](C(=O)Nc2ccc([N+](=O)[O-])cc2[N+](=O)[O-])N1. The molecule has 1 heterocycles. The second-order valence-electron chi connectivity index (χ2n) is 4.36. The first-order valence-corrected chi connectivity index (χ1v) is 5.91. The molecule has 1 atom stereocenters. The highest BCUT2D eigenvalue weighted by atomic mass is 16.6. The Hall–Kier alpha value is -3.04. The maximum Gasteiger partial charge on any atom is 0.299 e. The van der Waals surface area contributed by atoms with Crippen molar-refractivity contribution in [1.82, 2.24) is 5.32 Å². The van der Waals surface area contributed by atoms with Crippen molar-refractivity contribution >= 4 is 28.9 Å². The van der Waals surface area contributed by atoms with Crippen LogP contribution in [0.3, 0.4) is 0 Å². The van der Waals surface area contributed by atoms with Crippen molar-refractivity contribution in [3.05, 3.63) is 38.4 Å². The fourth-order valence-corrected chi connectivity index (χ4v) is 1.92. The van der Waals surface area contributed by atoms with Crippen molar-refractivity contribution in [2.75, 3.05) is 5.32 Å². The highest BCUT2D eigenvalue weighted by Crippen LogP contribution is 2.29. The van der Waals surface area contributed by atoms with Gasteiger partial charge in [0.05, 0.1) is 15.9 Å². The summed E-state index contributed by atoms with van der Waals surface area (Å²) in [6, 6.07) is 2.15. The molecular formula is C11H10N4O6. The van der Waals surface area contributed by atoms with E-state index in [4.69, 9.17) is 0 Å². The Kier molecular flexibility index (Phi) is 3.78. The zero-order valence-corrected chi connectivity index (χ0v) is 10.6. The van der Waals surface area contributed by atoms with E-state index >= 15 is 0 Å². The van der Waals surface area contributed by atoms with Crippen molar-refractivity contribution in [3.8, 4) is 0 Å². The van der Waals surface area contributed by atoms with E-state index < -0.39 is 33.2 Å². The quantitative estimate of drug-likeness (QED) is 0.618. The minimum atomic E-state index is -0.824.